The highest BCUT2D eigenvalue weighted by Crippen LogP contribution is 2.14. The van der Waals surface area contributed by atoms with Crippen molar-refractivity contribution in [1.29, 1.82) is 0 Å². The molecule has 2 atom stereocenters. The molecule has 4 nitrogen and oxygen atoms in total. The molecule has 0 radical (unpaired) electrons. The van der Waals surface area contributed by atoms with Crippen molar-refractivity contribution in [2.75, 3.05) is 0 Å². The van der Waals surface area contributed by atoms with Crippen molar-refractivity contribution in [2.45, 2.75) is 45.2 Å². The van der Waals surface area contributed by atoms with Gasteiger partial charge in [0.1, 0.15) is 5.01 Å². The molecular weight excluding hydrogens is 222 g/mol. The van der Waals surface area contributed by atoms with E-state index in [1.165, 1.54) is 11.3 Å². The summed E-state index contributed by atoms with van der Waals surface area (Å²) in [6, 6.07) is -0.456. The minimum atomic E-state index is -0.401. The lowest BCUT2D eigenvalue weighted by Gasteiger charge is -2.15. The lowest BCUT2D eigenvalue weighted by atomic mass is 10.1. The van der Waals surface area contributed by atoms with Crippen LogP contribution in [0.15, 0.2) is 11.6 Å². The van der Waals surface area contributed by atoms with Crippen LogP contribution >= 0.6 is 11.3 Å². The minimum Gasteiger partial charge on any atom is -0.346 e. The summed E-state index contributed by atoms with van der Waals surface area (Å²) >= 11 is 1.54. The maximum Gasteiger partial charge on any atom is 0.237 e. The molecule has 1 heterocycles. The zero-order valence-corrected chi connectivity index (χ0v) is 10.6. The van der Waals surface area contributed by atoms with Crippen LogP contribution in [0.1, 0.15) is 44.2 Å². The summed E-state index contributed by atoms with van der Waals surface area (Å²) in [5, 5.41) is 5.69. The number of hydrogen-bond donors (Lipinski definition) is 2. The summed E-state index contributed by atoms with van der Waals surface area (Å²) < 4.78 is 0. The summed E-state index contributed by atoms with van der Waals surface area (Å²) in [5.74, 6) is -0.0869. The van der Waals surface area contributed by atoms with Gasteiger partial charge in [-0.3, -0.25) is 4.79 Å². The van der Waals surface area contributed by atoms with Gasteiger partial charge in [-0.1, -0.05) is 19.8 Å². The summed E-state index contributed by atoms with van der Waals surface area (Å²) in [7, 11) is 0. The maximum atomic E-state index is 11.7. The van der Waals surface area contributed by atoms with Crippen molar-refractivity contribution >= 4 is 17.2 Å². The fraction of sp³-hybridized carbons (Fsp3) is 0.636. The molecule has 1 rings (SSSR count). The predicted octanol–water partition coefficient (Wildman–Crippen LogP) is 1.84. The van der Waals surface area contributed by atoms with Gasteiger partial charge in [-0.25, -0.2) is 4.98 Å². The molecule has 3 N–H and O–H groups in total. The molecule has 0 spiro atoms. The molecule has 16 heavy (non-hydrogen) atoms. The number of carbonyl (C=O) groups is 1. The van der Waals surface area contributed by atoms with Gasteiger partial charge >= 0.3 is 0 Å². The molecule has 1 aromatic heterocycles. The third-order valence-corrected chi connectivity index (χ3v) is 3.34. The number of amides is 1. The lowest BCUT2D eigenvalue weighted by molar-refractivity contribution is -0.123. The van der Waals surface area contributed by atoms with E-state index in [4.69, 9.17) is 5.73 Å². The summed E-state index contributed by atoms with van der Waals surface area (Å²) in [5.41, 5.74) is 5.78. The number of thiazole rings is 1. The van der Waals surface area contributed by atoms with Gasteiger partial charge in [0.25, 0.3) is 0 Å². The van der Waals surface area contributed by atoms with E-state index in [2.05, 4.69) is 17.2 Å². The molecule has 5 heteroatoms. The Labute approximate surface area is 100 Å². The largest absolute Gasteiger partial charge is 0.346 e. The third-order valence-electron chi connectivity index (χ3n) is 2.39. The van der Waals surface area contributed by atoms with Crippen LogP contribution in [-0.4, -0.2) is 16.9 Å². The molecule has 0 bridgehead atoms. The van der Waals surface area contributed by atoms with Crippen LogP contribution in [-0.2, 0) is 4.79 Å². The van der Waals surface area contributed by atoms with Crippen molar-refractivity contribution in [3.8, 4) is 0 Å². The van der Waals surface area contributed by atoms with E-state index in [-0.39, 0.29) is 11.9 Å². The Balaban J connectivity index is 2.39. The molecule has 0 fully saturated rings. The van der Waals surface area contributed by atoms with E-state index in [0.29, 0.717) is 0 Å². The van der Waals surface area contributed by atoms with Crippen molar-refractivity contribution in [1.82, 2.24) is 10.3 Å². The van der Waals surface area contributed by atoms with Crippen LogP contribution in [0.4, 0.5) is 0 Å². The third kappa shape index (κ3) is 3.90. The highest BCUT2D eigenvalue weighted by Gasteiger charge is 2.16. The van der Waals surface area contributed by atoms with Gasteiger partial charge in [0.2, 0.25) is 5.91 Å². The SMILES string of the molecule is CCCC[C@H](N)C(=O)NC(C)c1nccs1. The lowest BCUT2D eigenvalue weighted by Crippen LogP contribution is -2.41. The Bertz CT molecular complexity index is 313. The summed E-state index contributed by atoms with van der Waals surface area (Å²) in [6.07, 6.45) is 4.52. The average molecular weight is 241 g/mol. The van der Waals surface area contributed by atoms with Gasteiger partial charge in [-0.15, -0.1) is 11.3 Å². The molecule has 0 saturated heterocycles. The maximum absolute atomic E-state index is 11.7. The number of aromatic nitrogens is 1. The normalized spacial score (nSPS) is 14.4. The van der Waals surface area contributed by atoms with Crippen LogP contribution in [0.3, 0.4) is 0 Å². The number of nitrogens with zero attached hydrogens (tertiary/aromatic N) is 1. The van der Waals surface area contributed by atoms with E-state index in [1.54, 1.807) is 6.20 Å². The second-order valence-electron chi connectivity index (χ2n) is 3.85. The van der Waals surface area contributed by atoms with E-state index in [9.17, 15) is 4.79 Å². The van der Waals surface area contributed by atoms with Gasteiger partial charge in [-0.05, 0) is 13.3 Å². The van der Waals surface area contributed by atoms with Crippen LogP contribution < -0.4 is 11.1 Å². The highest BCUT2D eigenvalue weighted by molar-refractivity contribution is 7.09. The Morgan fingerprint density at radius 1 is 1.69 bits per heavy atom. The molecule has 0 aliphatic heterocycles. The fourth-order valence-electron chi connectivity index (χ4n) is 1.39. The van der Waals surface area contributed by atoms with Gasteiger partial charge in [0.05, 0.1) is 12.1 Å². The van der Waals surface area contributed by atoms with Crippen molar-refractivity contribution in [3.05, 3.63) is 16.6 Å². The summed E-state index contributed by atoms with van der Waals surface area (Å²) in [6.45, 7) is 4.01. The average Bonchev–Trinajstić information content (AvgIpc) is 2.79. The van der Waals surface area contributed by atoms with Crippen molar-refractivity contribution in [2.24, 2.45) is 5.73 Å². The summed E-state index contributed by atoms with van der Waals surface area (Å²) in [4.78, 5) is 15.8. The first-order chi connectivity index (χ1) is 7.65. The van der Waals surface area contributed by atoms with Crippen molar-refractivity contribution < 1.29 is 4.79 Å². The highest BCUT2D eigenvalue weighted by atomic mass is 32.1. The van der Waals surface area contributed by atoms with E-state index in [1.807, 2.05) is 12.3 Å². The Kier molecular flexibility index (Phi) is 5.42. The first kappa shape index (κ1) is 13.1. The molecule has 0 aromatic carbocycles. The molecule has 1 aromatic rings. The molecule has 0 aliphatic rings. The topological polar surface area (TPSA) is 68.0 Å². The smallest absolute Gasteiger partial charge is 0.237 e. The van der Waals surface area contributed by atoms with Crippen LogP contribution in [0, 0.1) is 0 Å². The van der Waals surface area contributed by atoms with Gasteiger partial charge < -0.3 is 11.1 Å². The quantitative estimate of drug-likeness (QED) is 0.798. The standard InChI is InChI=1S/C11H19N3OS/c1-3-4-5-9(12)10(15)14-8(2)11-13-6-7-16-11/h6-9H,3-5,12H2,1-2H3,(H,14,15)/t8?,9-/m0/s1. The number of nitrogens with two attached hydrogens (primary N) is 1. The van der Waals surface area contributed by atoms with Gasteiger partial charge in [-0.2, -0.15) is 0 Å². The van der Waals surface area contributed by atoms with Gasteiger partial charge in [0, 0.05) is 11.6 Å². The first-order valence-corrected chi connectivity index (χ1v) is 6.48. The monoisotopic (exact) mass is 241 g/mol. The van der Waals surface area contributed by atoms with E-state index in [0.717, 1.165) is 24.3 Å². The second-order valence-corrected chi connectivity index (χ2v) is 4.78. The van der Waals surface area contributed by atoms with Crippen LogP contribution in [0.2, 0.25) is 0 Å². The molecule has 1 unspecified atom stereocenters. The molecule has 1 amide bonds. The fourth-order valence-corrected chi connectivity index (χ4v) is 2.03. The Morgan fingerprint density at radius 2 is 2.44 bits per heavy atom. The first-order valence-electron chi connectivity index (χ1n) is 5.60. The van der Waals surface area contributed by atoms with Crippen LogP contribution in [0.25, 0.3) is 0 Å². The van der Waals surface area contributed by atoms with Gasteiger partial charge in [0.15, 0.2) is 0 Å². The Hall–Kier alpha value is -0.940. The number of nitrogens with one attached hydrogen (secondary N) is 1. The number of hydrogen-bond acceptors (Lipinski definition) is 4. The Morgan fingerprint density at radius 3 is 3.00 bits per heavy atom. The number of carbonyl (C=O) groups excluding carboxylic acids is 1. The number of rotatable bonds is 6. The molecule has 90 valence electrons. The van der Waals surface area contributed by atoms with E-state index >= 15 is 0 Å². The zero-order valence-electron chi connectivity index (χ0n) is 9.77. The minimum absolute atomic E-state index is 0.0554. The second kappa shape index (κ2) is 6.60. The molecule has 0 aliphatic carbocycles. The van der Waals surface area contributed by atoms with Crippen molar-refractivity contribution in [3.63, 3.8) is 0 Å². The number of unbranched alkanes of at least 4 members (excludes halogenated alkanes) is 1. The predicted molar refractivity (Wildman–Crippen MR) is 66.2 cm³/mol. The molecule has 0 saturated carbocycles. The molecular formula is C11H19N3OS. The zero-order chi connectivity index (χ0) is 12.0. The van der Waals surface area contributed by atoms with E-state index < -0.39 is 6.04 Å². The van der Waals surface area contributed by atoms with Crippen LogP contribution in [0.5, 0.6) is 0 Å².